The molecule has 0 aliphatic heterocycles. The molecule has 0 amide bonds. The zero-order valence-electron chi connectivity index (χ0n) is 40.0. The second-order valence-corrected chi connectivity index (χ2v) is 18.8. The number of likely N-dealkylation sites (N-methyl/N-ethyl adjacent to an activating group) is 1. The van der Waals surface area contributed by atoms with Crippen LogP contribution in [0.4, 0.5) is 0 Å². The van der Waals surface area contributed by atoms with Crippen LogP contribution in [0.5, 0.6) is 0 Å². The molecule has 0 bridgehead atoms. The van der Waals surface area contributed by atoms with Gasteiger partial charge in [-0.3, -0.25) is 9.59 Å². The molecule has 0 N–H and O–H groups in total. The van der Waals surface area contributed by atoms with E-state index in [9.17, 15) is 19.5 Å². The minimum absolute atomic E-state index is 0.0498. The Labute approximate surface area is 366 Å². The number of carbonyl (C=O) groups excluding carboxylic acids is 3. The van der Waals surface area contributed by atoms with Crippen molar-refractivity contribution in [2.75, 3.05) is 41.0 Å². The Hall–Kier alpha value is -1.67. The highest BCUT2D eigenvalue weighted by Gasteiger charge is 2.25. The van der Waals surface area contributed by atoms with Gasteiger partial charge in [0.1, 0.15) is 12.6 Å². The topological polar surface area (TPSA) is 102 Å². The first-order valence-corrected chi connectivity index (χ1v) is 25.6. The molecular formula is C51H99NO7. The third kappa shape index (κ3) is 41.5. The van der Waals surface area contributed by atoms with Crippen LogP contribution in [0, 0.1) is 0 Å². The van der Waals surface area contributed by atoms with Gasteiger partial charge in [-0.15, -0.1) is 0 Å². The van der Waals surface area contributed by atoms with E-state index in [0.29, 0.717) is 12.8 Å². The van der Waals surface area contributed by atoms with Gasteiger partial charge in [0.25, 0.3) is 0 Å². The molecule has 0 aliphatic carbocycles. The van der Waals surface area contributed by atoms with Crippen LogP contribution in [0.25, 0.3) is 0 Å². The maximum Gasteiger partial charge on any atom is 0.306 e. The van der Waals surface area contributed by atoms with Crippen molar-refractivity contribution in [3.05, 3.63) is 0 Å². The number of rotatable bonds is 47. The molecule has 0 radical (unpaired) electrons. The van der Waals surface area contributed by atoms with E-state index in [-0.39, 0.29) is 42.7 Å². The van der Waals surface area contributed by atoms with Crippen molar-refractivity contribution in [2.24, 2.45) is 0 Å². The fraction of sp³-hybridized carbons (Fsp3) is 0.941. The number of aliphatic carboxylic acids is 1. The standard InChI is InChI=1S/C51H99NO7/c1-6-8-10-12-14-16-18-20-22-24-26-28-30-32-34-36-38-40-42-50(54)59-47(45-57-44-43-48(51(55)56)52(3,4)5)46-58-49(53)41-39-37-35-33-31-29-27-25-23-21-19-17-15-13-11-9-7-2/h47-48H,6-46H2,1-5H3. The quantitative estimate of drug-likeness (QED) is 0.0342. The fourth-order valence-corrected chi connectivity index (χ4v) is 8.02. The molecule has 8 nitrogen and oxygen atoms in total. The first kappa shape index (κ1) is 57.3. The monoisotopic (exact) mass is 838 g/mol. The Morgan fingerprint density at radius 1 is 0.441 bits per heavy atom. The van der Waals surface area contributed by atoms with Crippen LogP contribution in [0.15, 0.2) is 0 Å². The number of hydrogen-bond donors (Lipinski definition) is 0. The molecule has 0 saturated carbocycles. The lowest BCUT2D eigenvalue weighted by molar-refractivity contribution is -0.889. The molecule has 0 aromatic heterocycles. The van der Waals surface area contributed by atoms with Gasteiger partial charge in [0, 0.05) is 19.3 Å². The molecule has 0 aromatic rings. The second-order valence-electron chi connectivity index (χ2n) is 18.8. The molecule has 0 rings (SSSR count). The molecule has 2 unspecified atom stereocenters. The Morgan fingerprint density at radius 2 is 0.746 bits per heavy atom. The van der Waals surface area contributed by atoms with Crippen LogP contribution in [0.2, 0.25) is 0 Å². The molecule has 0 fully saturated rings. The van der Waals surface area contributed by atoms with E-state index in [1.54, 1.807) is 0 Å². The Balaban J connectivity index is 4.20. The number of unbranched alkanes of at least 4 members (excludes halogenated alkanes) is 33. The highest BCUT2D eigenvalue weighted by Crippen LogP contribution is 2.17. The van der Waals surface area contributed by atoms with Gasteiger partial charge in [-0.2, -0.15) is 0 Å². The summed E-state index contributed by atoms with van der Waals surface area (Å²) >= 11 is 0. The Morgan fingerprint density at radius 3 is 1.05 bits per heavy atom. The number of carboxylic acid groups (broad SMARTS) is 1. The number of carbonyl (C=O) groups is 3. The van der Waals surface area contributed by atoms with Crippen molar-refractivity contribution in [1.29, 1.82) is 0 Å². The van der Waals surface area contributed by atoms with Gasteiger partial charge < -0.3 is 28.6 Å². The lowest BCUT2D eigenvalue weighted by Crippen LogP contribution is -2.55. The predicted octanol–water partition coefficient (Wildman–Crippen LogP) is 13.1. The average Bonchev–Trinajstić information content (AvgIpc) is 3.19. The summed E-state index contributed by atoms with van der Waals surface area (Å²) in [6.45, 7) is 4.72. The lowest BCUT2D eigenvalue weighted by Gasteiger charge is -2.34. The number of hydrogen-bond acceptors (Lipinski definition) is 7. The van der Waals surface area contributed by atoms with E-state index in [0.717, 1.165) is 38.5 Å². The molecule has 0 saturated heterocycles. The van der Waals surface area contributed by atoms with Crippen molar-refractivity contribution in [3.63, 3.8) is 0 Å². The van der Waals surface area contributed by atoms with Gasteiger partial charge in [-0.1, -0.05) is 226 Å². The zero-order valence-corrected chi connectivity index (χ0v) is 40.0. The lowest BCUT2D eigenvalue weighted by atomic mass is 10.0. The van der Waals surface area contributed by atoms with Gasteiger partial charge >= 0.3 is 11.9 Å². The molecule has 350 valence electrons. The van der Waals surface area contributed by atoms with Crippen LogP contribution in [-0.4, -0.2) is 75.5 Å². The summed E-state index contributed by atoms with van der Waals surface area (Å²) in [4.78, 5) is 37.0. The van der Waals surface area contributed by atoms with Crippen molar-refractivity contribution in [2.45, 2.75) is 270 Å². The van der Waals surface area contributed by atoms with Crippen LogP contribution >= 0.6 is 0 Å². The van der Waals surface area contributed by atoms with Gasteiger partial charge in [0.15, 0.2) is 6.10 Å². The van der Waals surface area contributed by atoms with E-state index < -0.39 is 18.1 Å². The molecule has 0 heterocycles. The number of ether oxygens (including phenoxy) is 3. The SMILES string of the molecule is CCCCCCCCCCCCCCCCCCCCC(=O)OC(COCCC(C(=O)[O-])[N+](C)(C)C)COC(=O)CCCCCCCCCCCCCCCCCCC. The van der Waals surface area contributed by atoms with Crippen molar-refractivity contribution < 1.29 is 38.2 Å². The van der Waals surface area contributed by atoms with Crippen LogP contribution < -0.4 is 5.11 Å². The molecule has 59 heavy (non-hydrogen) atoms. The zero-order chi connectivity index (χ0) is 43.5. The van der Waals surface area contributed by atoms with Gasteiger partial charge in [0.05, 0.1) is 40.3 Å². The number of quaternary nitrogens is 1. The molecule has 2 atom stereocenters. The largest absolute Gasteiger partial charge is 0.544 e. The molecular weight excluding hydrogens is 739 g/mol. The van der Waals surface area contributed by atoms with E-state index in [2.05, 4.69) is 13.8 Å². The maximum atomic E-state index is 12.8. The summed E-state index contributed by atoms with van der Waals surface area (Å²) in [7, 11) is 5.43. The predicted molar refractivity (Wildman–Crippen MR) is 245 cm³/mol. The van der Waals surface area contributed by atoms with E-state index >= 15 is 0 Å². The van der Waals surface area contributed by atoms with Crippen LogP contribution in [0.1, 0.15) is 258 Å². The first-order chi connectivity index (χ1) is 28.6. The minimum atomic E-state index is -1.12. The van der Waals surface area contributed by atoms with Gasteiger partial charge in [-0.25, -0.2) is 0 Å². The normalized spacial score (nSPS) is 12.8. The Kier molecular flexibility index (Phi) is 41.8. The minimum Gasteiger partial charge on any atom is -0.544 e. The summed E-state index contributed by atoms with van der Waals surface area (Å²) in [5.41, 5.74) is 0. The molecule has 0 aliphatic rings. The van der Waals surface area contributed by atoms with E-state index in [4.69, 9.17) is 14.2 Å². The summed E-state index contributed by atoms with van der Waals surface area (Å²) in [6, 6.07) is -0.720. The smallest absolute Gasteiger partial charge is 0.306 e. The number of carboxylic acids is 1. The number of nitrogens with zero attached hydrogens (tertiary/aromatic N) is 1. The molecule has 0 aromatic carbocycles. The summed E-state index contributed by atoms with van der Waals surface area (Å²) in [5.74, 6) is -1.71. The average molecular weight is 838 g/mol. The van der Waals surface area contributed by atoms with Crippen molar-refractivity contribution in [3.8, 4) is 0 Å². The summed E-state index contributed by atoms with van der Waals surface area (Å²) in [6.07, 6.45) is 45.5. The highest BCUT2D eigenvalue weighted by molar-refractivity contribution is 5.70. The molecule has 0 spiro atoms. The van der Waals surface area contributed by atoms with Crippen molar-refractivity contribution >= 4 is 17.9 Å². The van der Waals surface area contributed by atoms with Crippen molar-refractivity contribution in [1.82, 2.24) is 0 Å². The van der Waals surface area contributed by atoms with Crippen LogP contribution in [-0.2, 0) is 28.6 Å². The van der Waals surface area contributed by atoms with E-state index in [1.807, 2.05) is 21.1 Å². The third-order valence-corrected chi connectivity index (χ3v) is 12.0. The summed E-state index contributed by atoms with van der Waals surface area (Å²) in [5, 5.41) is 11.7. The summed E-state index contributed by atoms with van der Waals surface area (Å²) < 4.78 is 17.3. The fourth-order valence-electron chi connectivity index (χ4n) is 8.02. The molecule has 8 heteroatoms. The van der Waals surface area contributed by atoms with E-state index in [1.165, 1.54) is 186 Å². The maximum absolute atomic E-state index is 12.8. The second kappa shape index (κ2) is 43.0. The third-order valence-electron chi connectivity index (χ3n) is 12.0. The van der Waals surface area contributed by atoms with Gasteiger partial charge in [-0.05, 0) is 12.8 Å². The van der Waals surface area contributed by atoms with Gasteiger partial charge in [0.2, 0.25) is 0 Å². The van der Waals surface area contributed by atoms with Crippen LogP contribution in [0.3, 0.4) is 0 Å². The Bertz CT molecular complexity index is 936. The number of esters is 2. The first-order valence-electron chi connectivity index (χ1n) is 25.6. The highest BCUT2D eigenvalue weighted by atomic mass is 16.6.